The number of aliphatic hydroxyl groups is 1. The Kier molecular flexibility index (Phi) is 4.50. The standard InChI is InChI=1S/C14H20N3OS/c1-3-12-5-4-11(14(15)16-12)8-17-9-19-13(6-7-18)10(17)2/h4-5,9,18H,3,6-8H2,1-2H3,(H2,15,16)/q+1. The van der Waals surface area contributed by atoms with Gasteiger partial charge in [-0.1, -0.05) is 18.3 Å². The monoisotopic (exact) mass is 278 g/mol. The predicted octanol–water partition coefficient (Wildman–Crippen LogP) is 1.47. The van der Waals surface area contributed by atoms with Crippen LogP contribution in [0.2, 0.25) is 0 Å². The maximum Gasteiger partial charge on any atom is 0.225 e. The van der Waals surface area contributed by atoms with Crippen LogP contribution in [-0.2, 0) is 19.4 Å². The molecule has 0 radical (unpaired) electrons. The third-order valence-corrected chi connectivity index (χ3v) is 4.41. The molecule has 2 heterocycles. The van der Waals surface area contributed by atoms with Gasteiger partial charge in [-0.2, -0.15) is 4.57 Å². The number of hydrogen-bond acceptors (Lipinski definition) is 4. The van der Waals surface area contributed by atoms with Crippen molar-refractivity contribution >= 4 is 17.2 Å². The van der Waals surface area contributed by atoms with Crippen LogP contribution in [-0.4, -0.2) is 16.7 Å². The lowest BCUT2D eigenvalue weighted by atomic mass is 10.2. The lowest BCUT2D eigenvalue weighted by Gasteiger charge is -2.04. The van der Waals surface area contributed by atoms with Crippen molar-refractivity contribution in [2.45, 2.75) is 33.2 Å². The number of aromatic nitrogens is 2. The Morgan fingerprint density at radius 2 is 2.21 bits per heavy atom. The summed E-state index contributed by atoms with van der Waals surface area (Å²) in [5, 5.41) is 9.01. The predicted molar refractivity (Wildman–Crippen MR) is 77.2 cm³/mol. The summed E-state index contributed by atoms with van der Waals surface area (Å²) < 4.78 is 2.16. The number of rotatable bonds is 5. The highest BCUT2D eigenvalue weighted by atomic mass is 32.1. The first-order valence-corrected chi connectivity index (χ1v) is 7.35. The number of pyridine rings is 1. The Hall–Kier alpha value is -1.46. The minimum atomic E-state index is 0.191. The molecule has 0 aliphatic rings. The summed E-state index contributed by atoms with van der Waals surface area (Å²) in [6.07, 6.45) is 1.61. The molecule has 0 aromatic carbocycles. The van der Waals surface area contributed by atoms with E-state index in [2.05, 4.69) is 35.0 Å². The molecule has 0 saturated carbocycles. The van der Waals surface area contributed by atoms with Crippen molar-refractivity contribution in [1.29, 1.82) is 0 Å². The molecule has 0 spiro atoms. The van der Waals surface area contributed by atoms with E-state index in [1.54, 1.807) is 11.3 Å². The summed E-state index contributed by atoms with van der Waals surface area (Å²) in [5.41, 5.74) is 11.3. The second-order valence-electron chi connectivity index (χ2n) is 4.53. The van der Waals surface area contributed by atoms with Crippen LogP contribution in [0.4, 0.5) is 5.82 Å². The van der Waals surface area contributed by atoms with E-state index < -0.39 is 0 Å². The van der Waals surface area contributed by atoms with E-state index in [-0.39, 0.29) is 6.61 Å². The van der Waals surface area contributed by atoms with Crippen molar-refractivity contribution in [1.82, 2.24) is 4.98 Å². The van der Waals surface area contributed by atoms with Gasteiger partial charge < -0.3 is 10.8 Å². The molecule has 2 aromatic heterocycles. The van der Waals surface area contributed by atoms with Crippen molar-refractivity contribution in [3.63, 3.8) is 0 Å². The SMILES string of the molecule is CCc1ccc(C[n+]2csc(CCO)c2C)c(N)n1. The fraction of sp³-hybridized carbons (Fsp3) is 0.429. The van der Waals surface area contributed by atoms with Crippen LogP contribution >= 0.6 is 11.3 Å². The number of hydrogen-bond donors (Lipinski definition) is 2. The lowest BCUT2D eigenvalue weighted by molar-refractivity contribution is -0.689. The van der Waals surface area contributed by atoms with Gasteiger partial charge in [-0.15, -0.1) is 0 Å². The zero-order chi connectivity index (χ0) is 13.8. The first-order valence-electron chi connectivity index (χ1n) is 6.47. The number of aliphatic hydroxyl groups excluding tert-OH is 1. The van der Waals surface area contributed by atoms with Crippen LogP contribution in [0.1, 0.15) is 28.8 Å². The van der Waals surface area contributed by atoms with Crippen LogP contribution in [0, 0.1) is 6.92 Å². The van der Waals surface area contributed by atoms with Crippen LogP contribution in [0.15, 0.2) is 17.6 Å². The molecule has 0 atom stereocenters. The third kappa shape index (κ3) is 3.11. The number of anilines is 1. The van der Waals surface area contributed by atoms with E-state index in [9.17, 15) is 0 Å². The Labute approximate surface area is 117 Å². The summed E-state index contributed by atoms with van der Waals surface area (Å²) in [6.45, 7) is 5.07. The molecule has 2 rings (SSSR count). The largest absolute Gasteiger partial charge is 0.396 e. The van der Waals surface area contributed by atoms with E-state index >= 15 is 0 Å². The topological polar surface area (TPSA) is 63.0 Å². The summed E-state index contributed by atoms with van der Waals surface area (Å²) in [6, 6.07) is 4.08. The van der Waals surface area contributed by atoms with Gasteiger partial charge in [0.2, 0.25) is 5.51 Å². The minimum Gasteiger partial charge on any atom is -0.396 e. The Bertz CT molecular complexity index is 566. The summed E-state index contributed by atoms with van der Waals surface area (Å²) in [7, 11) is 0. The van der Waals surface area contributed by atoms with Crippen LogP contribution < -0.4 is 10.3 Å². The van der Waals surface area contributed by atoms with Crippen molar-refractivity contribution in [2.75, 3.05) is 12.3 Å². The molecule has 0 unspecified atom stereocenters. The van der Waals surface area contributed by atoms with E-state index in [0.29, 0.717) is 12.2 Å². The Morgan fingerprint density at radius 1 is 1.42 bits per heavy atom. The van der Waals surface area contributed by atoms with Crippen molar-refractivity contribution in [3.05, 3.63) is 39.5 Å². The highest BCUT2D eigenvalue weighted by molar-refractivity contribution is 7.09. The van der Waals surface area contributed by atoms with Gasteiger partial charge >= 0.3 is 0 Å². The second-order valence-corrected chi connectivity index (χ2v) is 5.47. The van der Waals surface area contributed by atoms with E-state index in [4.69, 9.17) is 10.8 Å². The van der Waals surface area contributed by atoms with Crippen molar-refractivity contribution in [2.24, 2.45) is 0 Å². The smallest absolute Gasteiger partial charge is 0.225 e. The highest BCUT2D eigenvalue weighted by Gasteiger charge is 2.16. The number of thiazole rings is 1. The second kappa shape index (κ2) is 6.12. The van der Waals surface area contributed by atoms with Gasteiger partial charge in [0.25, 0.3) is 0 Å². The number of nitrogen functional groups attached to an aromatic ring is 1. The maximum absolute atomic E-state index is 9.01. The summed E-state index contributed by atoms with van der Waals surface area (Å²) in [4.78, 5) is 5.61. The molecule has 5 heteroatoms. The van der Waals surface area contributed by atoms with Crippen LogP contribution in [0.25, 0.3) is 0 Å². The average Bonchev–Trinajstić information content (AvgIpc) is 2.74. The van der Waals surface area contributed by atoms with E-state index in [1.165, 1.54) is 10.6 Å². The van der Waals surface area contributed by atoms with Crippen LogP contribution in [0.3, 0.4) is 0 Å². The molecule has 0 bridgehead atoms. The van der Waals surface area contributed by atoms with Gasteiger partial charge in [-0.3, -0.25) is 0 Å². The zero-order valence-electron chi connectivity index (χ0n) is 11.4. The third-order valence-electron chi connectivity index (χ3n) is 3.27. The molecule has 3 N–H and O–H groups in total. The van der Waals surface area contributed by atoms with E-state index in [0.717, 1.165) is 24.2 Å². The molecule has 2 aromatic rings. The summed E-state index contributed by atoms with van der Waals surface area (Å²) in [5.74, 6) is 0.612. The van der Waals surface area contributed by atoms with Gasteiger partial charge in [-0.25, -0.2) is 4.98 Å². The number of nitrogens with zero attached hydrogens (tertiary/aromatic N) is 2. The molecule has 0 saturated heterocycles. The fourth-order valence-corrected chi connectivity index (χ4v) is 2.99. The van der Waals surface area contributed by atoms with Crippen molar-refractivity contribution < 1.29 is 9.67 Å². The van der Waals surface area contributed by atoms with E-state index in [1.807, 2.05) is 6.07 Å². The molecule has 4 nitrogen and oxygen atoms in total. The van der Waals surface area contributed by atoms with Gasteiger partial charge in [0.15, 0.2) is 12.2 Å². The lowest BCUT2D eigenvalue weighted by Crippen LogP contribution is -2.35. The first kappa shape index (κ1) is 14.0. The first-order chi connectivity index (χ1) is 9.15. The minimum absolute atomic E-state index is 0.191. The zero-order valence-corrected chi connectivity index (χ0v) is 12.2. The number of nitrogens with two attached hydrogens (primary N) is 1. The average molecular weight is 278 g/mol. The van der Waals surface area contributed by atoms with Gasteiger partial charge in [0, 0.05) is 25.6 Å². The van der Waals surface area contributed by atoms with Crippen molar-refractivity contribution in [3.8, 4) is 0 Å². The van der Waals surface area contributed by atoms with Gasteiger partial charge in [-0.05, 0) is 18.6 Å². The Balaban J connectivity index is 2.21. The van der Waals surface area contributed by atoms with Gasteiger partial charge in [0.1, 0.15) is 5.82 Å². The summed E-state index contributed by atoms with van der Waals surface area (Å²) >= 11 is 1.68. The molecule has 0 aliphatic carbocycles. The number of aryl methyl sites for hydroxylation is 1. The molecule has 0 amide bonds. The maximum atomic E-state index is 9.01. The quantitative estimate of drug-likeness (QED) is 0.814. The molecular weight excluding hydrogens is 258 g/mol. The molecule has 0 aliphatic heterocycles. The molecule has 19 heavy (non-hydrogen) atoms. The van der Waals surface area contributed by atoms with Crippen LogP contribution in [0.5, 0.6) is 0 Å². The Morgan fingerprint density at radius 3 is 2.84 bits per heavy atom. The fourth-order valence-electron chi connectivity index (χ4n) is 2.01. The molecular formula is C14H20N3OS+. The molecule has 102 valence electrons. The normalized spacial score (nSPS) is 10.9. The van der Waals surface area contributed by atoms with Gasteiger partial charge in [0.05, 0.1) is 10.4 Å². The highest BCUT2D eigenvalue weighted by Crippen LogP contribution is 2.14. The molecule has 0 fully saturated rings.